The Balaban J connectivity index is 2.62. The molecule has 0 spiro atoms. The third kappa shape index (κ3) is 3.61. The van der Waals surface area contributed by atoms with Crippen LogP contribution in [0, 0.1) is 5.92 Å². The first-order valence-electron chi connectivity index (χ1n) is 5.10. The van der Waals surface area contributed by atoms with Gasteiger partial charge in [-0.15, -0.1) is 11.3 Å². The lowest BCUT2D eigenvalue weighted by molar-refractivity contribution is 0.0929. The molecule has 84 valence electrons. The van der Waals surface area contributed by atoms with Crippen molar-refractivity contribution in [3.8, 4) is 0 Å². The number of carbonyl (C=O) groups excluding carboxylic acids is 1. The number of amides is 1. The lowest BCUT2D eigenvalue weighted by Gasteiger charge is -2.20. The van der Waals surface area contributed by atoms with E-state index < -0.39 is 0 Å². The SMILES string of the molecule is CCC(NC(=O)c1ccc(Br)s1)C(C)C. The molecule has 1 heterocycles. The van der Waals surface area contributed by atoms with E-state index in [-0.39, 0.29) is 11.9 Å². The smallest absolute Gasteiger partial charge is 0.261 e. The first kappa shape index (κ1) is 12.7. The second-order valence-electron chi connectivity index (χ2n) is 3.84. The summed E-state index contributed by atoms with van der Waals surface area (Å²) in [6.07, 6.45) is 0.968. The molecule has 0 aliphatic heterocycles. The van der Waals surface area contributed by atoms with Crippen LogP contribution < -0.4 is 5.32 Å². The van der Waals surface area contributed by atoms with Crippen LogP contribution in [0.15, 0.2) is 15.9 Å². The Hall–Kier alpha value is -0.350. The third-order valence-corrected chi connectivity index (χ3v) is 3.98. The van der Waals surface area contributed by atoms with Crippen molar-refractivity contribution < 1.29 is 4.79 Å². The molecule has 1 rings (SSSR count). The number of rotatable bonds is 4. The van der Waals surface area contributed by atoms with Gasteiger partial charge >= 0.3 is 0 Å². The average Bonchev–Trinajstić information content (AvgIpc) is 2.60. The van der Waals surface area contributed by atoms with E-state index in [2.05, 4.69) is 42.0 Å². The minimum absolute atomic E-state index is 0.0336. The van der Waals surface area contributed by atoms with Crippen LogP contribution >= 0.6 is 27.3 Å². The minimum atomic E-state index is 0.0336. The molecule has 4 heteroatoms. The molecule has 0 aliphatic carbocycles. The average molecular weight is 290 g/mol. The molecular weight excluding hydrogens is 274 g/mol. The van der Waals surface area contributed by atoms with E-state index in [1.165, 1.54) is 11.3 Å². The van der Waals surface area contributed by atoms with Crippen LogP contribution in [-0.2, 0) is 0 Å². The molecule has 1 N–H and O–H groups in total. The van der Waals surface area contributed by atoms with Gasteiger partial charge in [0.15, 0.2) is 0 Å². The van der Waals surface area contributed by atoms with Crippen molar-refractivity contribution in [2.45, 2.75) is 33.2 Å². The molecule has 1 aromatic heterocycles. The van der Waals surface area contributed by atoms with Crippen molar-refractivity contribution in [2.24, 2.45) is 5.92 Å². The number of nitrogens with one attached hydrogen (secondary N) is 1. The molecule has 0 aromatic carbocycles. The summed E-state index contributed by atoms with van der Waals surface area (Å²) in [5.74, 6) is 0.508. The van der Waals surface area contributed by atoms with Gasteiger partial charge in [0.05, 0.1) is 8.66 Å². The van der Waals surface area contributed by atoms with E-state index >= 15 is 0 Å². The number of hydrogen-bond donors (Lipinski definition) is 1. The number of hydrogen-bond acceptors (Lipinski definition) is 2. The van der Waals surface area contributed by atoms with Crippen LogP contribution in [0.3, 0.4) is 0 Å². The topological polar surface area (TPSA) is 29.1 Å². The predicted octanol–water partition coefficient (Wildman–Crippen LogP) is 3.68. The molecule has 0 aliphatic rings. The van der Waals surface area contributed by atoms with Gasteiger partial charge in [-0.05, 0) is 40.4 Å². The molecule has 1 aromatic rings. The fourth-order valence-electron chi connectivity index (χ4n) is 1.42. The minimum Gasteiger partial charge on any atom is -0.348 e. The quantitative estimate of drug-likeness (QED) is 0.900. The lowest BCUT2D eigenvalue weighted by Crippen LogP contribution is -2.37. The van der Waals surface area contributed by atoms with Gasteiger partial charge < -0.3 is 5.32 Å². The fourth-order valence-corrected chi connectivity index (χ4v) is 2.71. The fraction of sp³-hybridized carbons (Fsp3) is 0.545. The molecule has 0 saturated heterocycles. The van der Waals surface area contributed by atoms with Crippen molar-refractivity contribution in [3.63, 3.8) is 0 Å². The second kappa shape index (κ2) is 5.66. The highest BCUT2D eigenvalue weighted by Gasteiger charge is 2.16. The third-order valence-electron chi connectivity index (χ3n) is 2.36. The summed E-state index contributed by atoms with van der Waals surface area (Å²) >= 11 is 4.82. The second-order valence-corrected chi connectivity index (χ2v) is 6.30. The van der Waals surface area contributed by atoms with Crippen molar-refractivity contribution in [1.82, 2.24) is 5.32 Å². The molecule has 0 bridgehead atoms. The molecule has 2 nitrogen and oxygen atoms in total. The van der Waals surface area contributed by atoms with Crippen molar-refractivity contribution in [1.29, 1.82) is 0 Å². The van der Waals surface area contributed by atoms with E-state index in [9.17, 15) is 4.79 Å². The predicted molar refractivity (Wildman–Crippen MR) is 68.4 cm³/mol. The van der Waals surface area contributed by atoms with E-state index in [1.807, 2.05) is 12.1 Å². The zero-order valence-corrected chi connectivity index (χ0v) is 11.6. The summed E-state index contributed by atoms with van der Waals surface area (Å²) in [5.41, 5.74) is 0. The maximum absolute atomic E-state index is 11.8. The highest BCUT2D eigenvalue weighted by molar-refractivity contribution is 9.11. The maximum atomic E-state index is 11.8. The Labute approximate surface area is 103 Å². The van der Waals surface area contributed by atoms with Gasteiger partial charge in [0, 0.05) is 6.04 Å². The highest BCUT2D eigenvalue weighted by Crippen LogP contribution is 2.22. The lowest BCUT2D eigenvalue weighted by atomic mass is 10.0. The van der Waals surface area contributed by atoms with E-state index in [1.54, 1.807) is 0 Å². The molecule has 1 unspecified atom stereocenters. The first-order valence-corrected chi connectivity index (χ1v) is 6.71. The summed E-state index contributed by atoms with van der Waals surface area (Å²) in [6.45, 7) is 6.34. The van der Waals surface area contributed by atoms with Crippen LogP contribution in [0.5, 0.6) is 0 Å². The molecule has 15 heavy (non-hydrogen) atoms. The molecule has 0 fully saturated rings. The largest absolute Gasteiger partial charge is 0.348 e. The van der Waals surface area contributed by atoms with Crippen LogP contribution in [0.2, 0.25) is 0 Å². The normalized spacial score (nSPS) is 12.9. The maximum Gasteiger partial charge on any atom is 0.261 e. The summed E-state index contributed by atoms with van der Waals surface area (Å²) in [6, 6.07) is 4.01. The van der Waals surface area contributed by atoms with Gasteiger partial charge in [0.2, 0.25) is 0 Å². The molecular formula is C11H16BrNOS. The summed E-state index contributed by atoms with van der Waals surface area (Å²) < 4.78 is 0.991. The van der Waals surface area contributed by atoms with Gasteiger partial charge in [0.25, 0.3) is 5.91 Å². The molecule has 0 radical (unpaired) electrons. The first-order chi connectivity index (χ1) is 7.04. The van der Waals surface area contributed by atoms with Crippen LogP contribution in [0.25, 0.3) is 0 Å². The summed E-state index contributed by atoms with van der Waals surface area (Å²) in [7, 11) is 0. The molecule has 0 saturated carbocycles. The number of halogens is 1. The van der Waals surface area contributed by atoms with Gasteiger partial charge in [-0.3, -0.25) is 4.79 Å². The monoisotopic (exact) mass is 289 g/mol. The van der Waals surface area contributed by atoms with E-state index in [0.717, 1.165) is 15.1 Å². The van der Waals surface area contributed by atoms with Gasteiger partial charge in [-0.25, -0.2) is 0 Å². The van der Waals surface area contributed by atoms with Gasteiger partial charge in [-0.2, -0.15) is 0 Å². The van der Waals surface area contributed by atoms with Crippen molar-refractivity contribution in [2.75, 3.05) is 0 Å². The Morgan fingerprint density at radius 2 is 2.20 bits per heavy atom. The highest BCUT2D eigenvalue weighted by atomic mass is 79.9. The van der Waals surface area contributed by atoms with Crippen LogP contribution in [0.4, 0.5) is 0 Å². The number of carbonyl (C=O) groups is 1. The summed E-state index contributed by atoms with van der Waals surface area (Å²) in [5, 5.41) is 3.05. The Kier molecular flexibility index (Phi) is 4.80. The zero-order valence-electron chi connectivity index (χ0n) is 9.21. The molecule has 1 atom stereocenters. The Morgan fingerprint density at radius 1 is 1.53 bits per heavy atom. The molecule has 1 amide bonds. The van der Waals surface area contributed by atoms with E-state index in [4.69, 9.17) is 0 Å². The Morgan fingerprint density at radius 3 is 2.60 bits per heavy atom. The van der Waals surface area contributed by atoms with E-state index in [0.29, 0.717) is 5.92 Å². The van der Waals surface area contributed by atoms with Crippen molar-refractivity contribution in [3.05, 3.63) is 20.8 Å². The van der Waals surface area contributed by atoms with Crippen LogP contribution in [0.1, 0.15) is 36.9 Å². The summed E-state index contributed by atoms with van der Waals surface area (Å²) in [4.78, 5) is 12.6. The van der Waals surface area contributed by atoms with Gasteiger partial charge in [-0.1, -0.05) is 20.8 Å². The number of thiophene rings is 1. The Bertz CT molecular complexity index is 335. The van der Waals surface area contributed by atoms with Crippen molar-refractivity contribution >= 4 is 33.2 Å². The standard InChI is InChI=1S/C11H16BrNOS/c1-4-8(7(2)3)13-11(14)9-5-6-10(12)15-9/h5-8H,4H2,1-3H3,(H,13,14). The van der Waals surface area contributed by atoms with Crippen LogP contribution in [-0.4, -0.2) is 11.9 Å². The van der Waals surface area contributed by atoms with Gasteiger partial charge in [0.1, 0.15) is 0 Å². The zero-order chi connectivity index (χ0) is 11.4.